The SMILES string of the molecule is O=S1(=O)Cc2cc3nnc(-c4ccccc4)n3nc2-c2ccccc21. The molecule has 5 rings (SSSR count). The Bertz CT molecular complexity index is 1230. The van der Waals surface area contributed by atoms with Gasteiger partial charge in [-0.3, -0.25) is 0 Å². The molecule has 2 aromatic heterocycles. The molecule has 4 aromatic rings. The van der Waals surface area contributed by atoms with Gasteiger partial charge in [-0.1, -0.05) is 48.5 Å². The summed E-state index contributed by atoms with van der Waals surface area (Å²) in [6.07, 6.45) is 0. The van der Waals surface area contributed by atoms with Crippen LogP contribution in [0.3, 0.4) is 0 Å². The van der Waals surface area contributed by atoms with E-state index in [1.54, 1.807) is 28.8 Å². The van der Waals surface area contributed by atoms with Crippen molar-refractivity contribution in [2.45, 2.75) is 10.6 Å². The number of hydrogen-bond donors (Lipinski definition) is 0. The van der Waals surface area contributed by atoms with E-state index in [-0.39, 0.29) is 5.75 Å². The summed E-state index contributed by atoms with van der Waals surface area (Å²) < 4.78 is 26.7. The summed E-state index contributed by atoms with van der Waals surface area (Å²) in [4.78, 5) is 0.323. The predicted molar refractivity (Wildman–Crippen MR) is 92.5 cm³/mol. The Kier molecular flexibility index (Phi) is 2.84. The van der Waals surface area contributed by atoms with Crippen LogP contribution in [0.4, 0.5) is 0 Å². The molecule has 0 radical (unpaired) electrons. The molecule has 0 unspecified atom stereocenters. The zero-order valence-electron chi connectivity index (χ0n) is 13.0. The Morgan fingerprint density at radius 3 is 2.52 bits per heavy atom. The monoisotopic (exact) mass is 348 g/mol. The van der Waals surface area contributed by atoms with Gasteiger partial charge in [-0.25, -0.2) is 8.42 Å². The Morgan fingerprint density at radius 2 is 1.68 bits per heavy atom. The Hall–Kier alpha value is -3.06. The molecule has 0 amide bonds. The van der Waals surface area contributed by atoms with Crippen molar-refractivity contribution >= 4 is 15.5 Å². The highest BCUT2D eigenvalue weighted by molar-refractivity contribution is 7.90. The number of sulfone groups is 1. The minimum atomic E-state index is -3.37. The van der Waals surface area contributed by atoms with Crippen molar-refractivity contribution in [2.75, 3.05) is 0 Å². The zero-order valence-corrected chi connectivity index (χ0v) is 13.8. The van der Waals surface area contributed by atoms with Gasteiger partial charge in [0.25, 0.3) is 0 Å². The van der Waals surface area contributed by atoms with Gasteiger partial charge in [0.15, 0.2) is 21.3 Å². The van der Waals surface area contributed by atoms with E-state index in [0.29, 0.717) is 33.2 Å². The molecule has 2 aromatic carbocycles. The lowest BCUT2D eigenvalue weighted by Gasteiger charge is -2.18. The van der Waals surface area contributed by atoms with Crippen molar-refractivity contribution in [1.82, 2.24) is 19.8 Å². The van der Waals surface area contributed by atoms with Crippen LogP contribution >= 0.6 is 0 Å². The molecule has 25 heavy (non-hydrogen) atoms. The van der Waals surface area contributed by atoms with Gasteiger partial charge in [0, 0.05) is 11.1 Å². The second-order valence-corrected chi connectivity index (χ2v) is 7.89. The highest BCUT2D eigenvalue weighted by atomic mass is 32.2. The van der Waals surface area contributed by atoms with Crippen LogP contribution in [-0.2, 0) is 15.6 Å². The number of benzene rings is 2. The van der Waals surface area contributed by atoms with Crippen LogP contribution < -0.4 is 0 Å². The lowest BCUT2D eigenvalue weighted by Crippen LogP contribution is -2.15. The lowest BCUT2D eigenvalue weighted by molar-refractivity contribution is 0.594. The van der Waals surface area contributed by atoms with Crippen LogP contribution in [0.25, 0.3) is 28.3 Å². The molecule has 1 aliphatic rings. The van der Waals surface area contributed by atoms with Crippen molar-refractivity contribution < 1.29 is 8.42 Å². The molecule has 0 bridgehead atoms. The van der Waals surface area contributed by atoms with Gasteiger partial charge < -0.3 is 0 Å². The molecule has 7 heteroatoms. The molecular weight excluding hydrogens is 336 g/mol. The van der Waals surface area contributed by atoms with Gasteiger partial charge in [0.2, 0.25) is 0 Å². The van der Waals surface area contributed by atoms with Crippen LogP contribution in [0.2, 0.25) is 0 Å². The summed E-state index contributed by atoms with van der Waals surface area (Å²) >= 11 is 0. The molecular formula is C18H12N4O2S. The van der Waals surface area contributed by atoms with Gasteiger partial charge >= 0.3 is 0 Å². The average Bonchev–Trinajstić information content (AvgIpc) is 3.04. The Morgan fingerprint density at radius 1 is 0.920 bits per heavy atom. The zero-order chi connectivity index (χ0) is 17.0. The van der Waals surface area contributed by atoms with E-state index in [1.807, 2.05) is 36.4 Å². The van der Waals surface area contributed by atoms with Crippen LogP contribution in [0.5, 0.6) is 0 Å². The molecule has 1 aliphatic heterocycles. The number of rotatable bonds is 1. The van der Waals surface area contributed by atoms with Crippen LogP contribution in [0, 0.1) is 0 Å². The highest BCUT2D eigenvalue weighted by Crippen LogP contribution is 2.36. The minimum absolute atomic E-state index is 0.0730. The summed E-state index contributed by atoms with van der Waals surface area (Å²) in [5.41, 5.74) is 3.37. The third-order valence-electron chi connectivity index (χ3n) is 4.33. The molecule has 3 heterocycles. The smallest absolute Gasteiger partial charge is 0.185 e. The average molecular weight is 348 g/mol. The van der Waals surface area contributed by atoms with Crippen molar-refractivity contribution in [3.05, 3.63) is 66.2 Å². The normalized spacial score (nSPS) is 14.9. The molecule has 0 aliphatic carbocycles. The largest absolute Gasteiger partial charge is 0.223 e. The van der Waals surface area contributed by atoms with E-state index < -0.39 is 9.84 Å². The number of fused-ring (bicyclic) bond motifs is 4. The topological polar surface area (TPSA) is 77.2 Å². The molecule has 0 saturated heterocycles. The quantitative estimate of drug-likeness (QED) is 0.529. The first kappa shape index (κ1) is 14.3. The van der Waals surface area contributed by atoms with Gasteiger partial charge in [-0.15, -0.1) is 10.2 Å². The van der Waals surface area contributed by atoms with Crippen LogP contribution in [0.15, 0.2) is 65.6 Å². The summed E-state index contributed by atoms with van der Waals surface area (Å²) in [5, 5.41) is 13.1. The van der Waals surface area contributed by atoms with E-state index in [2.05, 4.69) is 15.3 Å². The first-order chi connectivity index (χ1) is 12.1. The Labute approximate surface area is 143 Å². The van der Waals surface area contributed by atoms with E-state index in [4.69, 9.17) is 0 Å². The summed E-state index contributed by atoms with van der Waals surface area (Å²) in [6.45, 7) is 0. The third kappa shape index (κ3) is 2.09. The van der Waals surface area contributed by atoms with Crippen LogP contribution in [-0.4, -0.2) is 28.2 Å². The van der Waals surface area contributed by atoms with Crippen molar-refractivity contribution in [3.63, 3.8) is 0 Å². The second-order valence-electron chi connectivity index (χ2n) is 5.93. The van der Waals surface area contributed by atoms with Gasteiger partial charge in [-0.05, 0) is 17.7 Å². The molecule has 0 N–H and O–H groups in total. The molecule has 0 fully saturated rings. The predicted octanol–water partition coefficient (Wildman–Crippen LogP) is 2.75. The number of hydrogen-bond acceptors (Lipinski definition) is 5. The lowest BCUT2D eigenvalue weighted by atomic mass is 10.1. The van der Waals surface area contributed by atoms with E-state index in [0.717, 1.165) is 5.56 Å². The Balaban J connectivity index is 1.82. The number of nitrogens with zero attached hydrogens (tertiary/aromatic N) is 4. The second kappa shape index (κ2) is 4.97. The highest BCUT2D eigenvalue weighted by Gasteiger charge is 2.30. The summed E-state index contributed by atoms with van der Waals surface area (Å²) in [5.74, 6) is 0.556. The van der Waals surface area contributed by atoms with E-state index in [1.165, 1.54) is 0 Å². The molecule has 0 saturated carbocycles. The maximum absolute atomic E-state index is 12.5. The summed E-state index contributed by atoms with van der Waals surface area (Å²) in [7, 11) is -3.37. The van der Waals surface area contributed by atoms with E-state index in [9.17, 15) is 8.42 Å². The fourth-order valence-electron chi connectivity index (χ4n) is 3.19. The first-order valence-electron chi connectivity index (χ1n) is 7.76. The molecule has 122 valence electrons. The maximum Gasteiger partial charge on any atom is 0.185 e. The molecule has 6 nitrogen and oxygen atoms in total. The first-order valence-corrected chi connectivity index (χ1v) is 9.42. The fraction of sp³-hybridized carbons (Fsp3) is 0.0556. The molecule has 0 spiro atoms. The van der Waals surface area contributed by atoms with E-state index >= 15 is 0 Å². The van der Waals surface area contributed by atoms with Crippen molar-refractivity contribution in [2.24, 2.45) is 0 Å². The van der Waals surface area contributed by atoms with Gasteiger partial charge in [0.05, 0.1) is 16.3 Å². The number of aromatic nitrogens is 4. The molecule has 0 atom stereocenters. The maximum atomic E-state index is 12.5. The minimum Gasteiger partial charge on any atom is -0.223 e. The van der Waals surface area contributed by atoms with Crippen LogP contribution in [0.1, 0.15) is 5.56 Å². The fourth-order valence-corrected chi connectivity index (χ4v) is 4.76. The van der Waals surface area contributed by atoms with Gasteiger partial charge in [-0.2, -0.15) is 9.61 Å². The summed E-state index contributed by atoms with van der Waals surface area (Å²) in [6, 6.07) is 18.4. The third-order valence-corrected chi connectivity index (χ3v) is 6.04. The van der Waals surface area contributed by atoms with Gasteiger partial charge in [0.1, 0.15) is 0 Å². The van der Waals surface area contributed by atoms with Crippen molar-refractivity contribution in [3.8, 4) is 22.6 Å². The van der Waals surface area contributed by atoms with Crippen molar-refractivity contribution in [1.29, 1.82) is 0 Å². The standard InChI is InChI=1S/C18H12N4O2S/c23-25(24)11-13-10-16-19-20-18(12-6-2-1-3-7-12)22(16)21-17(13)14-8-4-5-9-15(14)25/h1-10H,11H2.